The Hall–Kier alpha value is -3.59. The van der Waals surface area contributed by atoms with Crippen molar-refractivity contribution in [3.05, 3.63) is 86.9 Å². The van der Waals surface area contributed by atoms with E-state index in [1.165, 1.54) is 18.2 Å². The second-order valence-corrected chi connectivity index (χ2v) is 7.61. The van der Waals surface area contributed by atoms with Gasteiger partial charge in [0.15, 0.2) is 11.5 Å². The monoisotopic (exact) mass is 483 g/mol. The van der Waals surface area contributed by atoms with Gasteiger partial charge in [0, 0.05) is 28.4 Å². The molecule has 158 valence electrons. The number of nitro groups is 1. The van der Waals surface area contributed by atoms with Crippen LogP contribution < -0.4 is 20.1 Å². The van der Waals surface area contributed by atoms with Gasteiger partial charge in [-0.3, -0.25) is 14.9 Å². The Balaban J connectivity index is 1.60. The fraction of sp³-hybridized carbons (Fsp3) is 0.136. The molecule has 2 N–H and O–H groups in total. The molecular weight excluding hydrogens is 466 g/mol. The predicted octanol–water partition coefficient (Wildman–Crippen LogP) is 4.92. The van der Waals surface area contributed by atoms with E-state index in [1.807, 2.05) is 36.4 Å². The molecule has 31 heavy (non-hydrogen) atoms. The van der Waals surface area contributed by atoms with Crippen molar-refractivity contribution < 1.29 is 19.2 Å². The molecule has 0 aromatic heterocycles. The van der Waals surface area contributed by atoms with Crippen molar-refractivity contribution in [3.63, 3.8) is 0 Å². The first-order valence-electron chi connectivity index (χ1n) is 9.47. The molecule has 0 aliphatic carbocycles. The van der Waals surface area contributed by atoms with Crippen LogP contribution in [-0.4, -0.2) is 24.0 Å². The summed E-state index contributed by atoms with van der Waals surface area (Å²) in [5, 5.41) is 17.0. The fourth-order valence-electron chi connectivity index (χ4n) is 3.17. The number of non-ortho nitro benzene ring substituents is 1. The second-order valence-electron chi connectivity index (χ2n) is 6.76. The summed E-state index contributed by atoms with van der Waals surface area (Å²) in [4.78, 5) is 23.7. The van der Waals surface area contributed by atoms with E-state index in [4.69, 9.17) is 9.47 Å². The molecule has 0 unspecified atom stereocenters. The lowest BCUT2D eigenvalue weighted by atomic mass is 10.1. The van der Waals surface area contributed by atoms with Crippen LogP contribution in [0.4, 0.5) is 17.1 Å². The number of ether oxygens (including phenoxy) is 2. The van der Waals surface area contributed by atoms with E-state index in [0.717, 1.165) is 5.56 Å². The van der Waals surface area contributed by atoms with Gasteiger partial charge >= 0.3 is 0 Å². The predicted molar refractivity (Wildman–Crippen MR) is 120 cm³/mol. The highest BCUT2D eigenvalue weighted by atomic mass is 79.9. The maximum atomic E-state index is 13.2. The van der Waals surface area contributed by atoms with Crippen LogP contribution >= 0.6 is 15.9 Å². The Kier molecular flexibility index (Phi) is 6.03. The van der Waals surface area contributed by atoms with Crippen molar-refractivity contribution in [1.29, 1.82) is 0 Å². The smallest absolute Gasteiger partial charge is 0.270 e. The first-order chi connectivity index (χ1) is 15.0. The number of nitrogens with one attached hydrogen (secondary N) is 2. The first-order valence-corrected chi connectivity index (χ1v) is 10.3. The Morgan fingerprint density at radius 1 is 1.00 bits per heavy atom. The molecule has 0 bridgehead atoms. The molecular formula is C22H18BrN3O5. The number of carbonyl (C=O) groups excluding carboxylic acids is 1. The highest BCUT2D eigenvalue weighted by molar-refractivity contribution is 9.10. The normalized spacial score (nSPS) is 13.2. The van der Waals surface area contributed by atoms with Crippen LogP contribution in [0.15, 0.2) is 71.2 Å². The molecule has 0 saturated heterocycles. The van der Waals surface area contributed by atoms with Gasteiger partial charge in [0.2, 0.25) is 0 Å². The largest absolute Gasteiger partial charge is 0.486 e. The lowest BCUT2D eigenvalue weighted by molar-refractivity contribution is -0.384. The van der Waals surface area contributed by atoms with Crippen molar-refractivity contribution >= 4 is 38.9 Å². The van der Waals surface area contributed by atoms with Gasteiger partial charge in [0.25, 0.3) is 11.6 Å². The molecule has 0 fully saturated rings. The van der Waals surface area contributed by atoms with Gasteiger partial charge in [-0.25, -0.2) is 0 Å². The van der Waals surface area contributed by atoms with Gasteiger partial charge in [0.1, 0.15) is 19.3 Å². The molecule has 1 heterocycles. The third kappa shape index (κ3) is 4.77. The molecule has 0 radical (unpaired) electrons. The summed E-state index contributed by atoms with van der Waals surface area (Å²) < 4.78 is 11.6. The summed E-state index contributed by atoms with van der Waals surface area (Å²) in [6, 6.07) is 18.1. The van der Waals surface area contributed by atoms with E-state index in [-0.39, 0.29) is 11.6 Å². The van der Waals surface area contributed by atoms with Gasteiger partial charge in [-0.1, -0.05) is 30.3 Å². The average Bonchev–Trinajstić information content (AvgIpc) is 2.79. The van der Waals surface area contributed by atoms with Gasteiger partial charge in [-0.05, 0) is 39.7 Å². The number of halogens is 1. The minimum atomic E-state index is -0.717. The van der Waals surface area contributed by atoms with Gasteiger partial charge in [-0.15, -0.1) is 0 Å². The molecule has 1 atom stereocenters. The summed E-state index contributed by atoms with van der Waals surface area (Å²) in [5.74, 6) is 0.949. The molecule has 9 heteroatoms. The van der Waals surface area contributed by atoms with E-state index in [1.54, 1.807) is 12.1 Å². The summed E-state index contributed by atoms with van der Waals surface area (Å²) in [7, 11) is 0. The van der Waals surface area contributed by atoms with Crippen LogP contribution in [0.25, 0.3) is 0 Å². The zero-order valence-electron chi connectivity index (χ0n) is 16.2. The van der Waals surface area contributed by atoms with Crippen molar-refractivity contribution in [3.8, 4) is 11.5 Å². The van der Waals surface area contributed by atoms with E-state index < -0.39 is 11.0 Å². The zero-order valence-corrected chi connectivity index (χ0v) is 17.8. The maximum Gasteiger partial charge on any atom is 0.270 e. The van der Waals surface area contributed by atoms with Gasteiger partial charge < -0.3 is 20.1 Å². The Morgan fingerprint density at radius 2 is 1.74 bits per heavy atom. The highest BCUT2D eigenvalue weighted by Crippen LogP contribution is 2.34. The number of benzene rings is 3. The summed E-state index contributed by atoms with van der Waals surface area (Å²) in [5.41, 5.74) is 1.81. The van der Waals surface area contributed by atoms with Crippen LogP contribution in [-0.2, 0) is 4.79 Å². The second kappa shape index (κ2) is 9.05. The SMILES string of the molecule is O=C(Nc1ccc([N+](=O)[O-])cc1Br)[C@H](Nc1ccc2c(c1)OCCO2)c1ccccc1. The number of hydrogen-bond donors (Lipinski definition) is 2. The lowest BCUT2D eigenvalue weighted by Gasteiger charge is -2.23. The van der Waals surface area contributed by atoms with Crippen molar-refractivity contribution in [2.24, 2.45) is 0 Å². The Bertz CT molecular complexity index is 1120. The van der Waals surface area contributed by atoms with Crippen LogP contribution in [0.3, 0.4) is 0 Å². The van der Waals surface area contributed by atoms with E-state index in [9.17, 15) is 14.9 Å². The van der Waals surface area contributed by atoms with Gasteiger partial charge in [-0.2, -0.15) is 0 Å². The third-order valence-electron chi connectivity index (χ3n) is 4.67. The van der Waals surface area contributed by atoms with Crippen molar-refractivity contribution in [2.45, 2.75) is 6.04 Å². The minimum absolute atomic E-state index is 0.0705. The molecule has 1 aliphatic rings. The van der Waals surface area contributed by atoms with E-state index >= 15 is 0 Å². The van der Waals surface area contributed by atoms with Crippen LogP contribution in [0, 0.1) is 10.1 Å². The number of amides is 1. The number of carbonyl (C=O) groups is 1. The van der Waals surface area contributed by atoms with E-state index in [0.29, 0.717) is 40.6 Å². The summed E-state index contributed by atoms with van der Waals surface area (Å²) in [6.07, 6.45) is 0. The lowest BCUT2D eigenvalue weighted by Crippen LogP contribution is -2.27. The quantitative estimate of drug-likeness (QED) is 0.381. The minimum Gasteiger partial charge on any atom is -0.486 e. The number of anilines is 2. The topological polar surface area (TPSA) is 103 Å². The Labute approximate surface area is 186 Å². The van der Waals surface area contributed by atoms with Crippen LogP contribution in [0.1, 0.15) is 11.6 Å². The summed E-state index contributed by atoms with van der Waals surface area (Å²) >= 11 is 3.29. The molecule has 0 spiro atoms. The molecule has 3 aromatic rings. The van der Waals surface area contributed by atoms with E-state index in [2.05, 4.69) is 26.6 Å². The Morgan fingerprint density at radius 3 is 2.45 bits per heavy atom. The van der Waals surface area contributed by atoms with Crippen LogP contribution in [0.5, 0.6) is 11.5 Å². The van der Waals surface area contributed by atoms with Gasteiger partial charge in [0.05, 0.1) is 10.6 Å². The fourth-order valence-corrected chi connectivity index (χ4v) is 3.64. The zero-order chi connectivity index (χ0) is 21.8. The first kappa shape index (κ1) is 20.7. The standard InChI is InChI=1S/C22H18BrN3O5/c23-17-13-16(26(28)29)7-8-18(17)25-22(27)21(14-4-2-1-3-5-14)24-15-6-9-19-20(12-15)31-11-10-30-19/h1-9,12-13,21,24H,10-11H2,(H,25,27)/t21-/m1/s1. The number of nitrogens with zero attached hydrogens (tertiary/aromatic N) is 1. The molecule has 4 rings (SSSR count). The highest BCUT2D eigenvalue weighted by Gasteiger charge is 2.23. The molecule has 1 aliphatic heterocycles. The number of hydrogen-bond acceptors (Lipinski definition) is 6. The molecule has 1 amide bonds. The number of rotatable bonds is 6. The molecule has 8 nitrogen and oxygen atoms in total. The van der Waals surface area contributed by atoms with Crippen molar-refractivity contribution in [2.75, 3.05) is 23.8 Å². The maximum absolute atomic E-state index is 13.2. The average molecular weight is 484 g/mol. The van der Waals surface area contributed by atoms with Crippen molar-refractivity contribution in [1.82, 2.24) is 0 Å². The van der Waals surface area contributed by atoms with Crippen LogP contribution in [0.2, 0.25) is 0 Å². The summed E-state index contributed by atoms with van der Waals surface area (Å²) in [6.45, 7) is 0.964. The molecule has 3 aromatic carbocycles. The number of nitro benzene ring substituents is 1. The number of fused-ring (bicyclic) bond motifs is 1. The molecule has 0 saturated carbocycles. The third-order valence-corrected chi connectivity index (χ3v) is 5.33.